The van der Waals surface area contributed by atoms with Crippen LogP contribution < -0.4 is 5.73 Å². The van der Waals surface area contributed by atoms with Gasteiger partial charge < -0.3 is 15.2 Å². The van der Waals surface area contributed by atoms with Crippen LogP contribution in [0, 0.1) is 0 Å². The van der Waals surface area contributed by atoms with Crippen molar-refractivity contribution >= 4 is 18.3 Å². The van der Waals surface area contributed by atoms with Gasteiger partial charge in [-0.25, -0.2) is 0 Å². The molecule has 1 heterocycles. The maximum Gasteiger partial charge on any atom is 0.258 e. The summed E-state index contributed by atoms with van der Waals surface area (Å²) < 4.78 is 5.37. The van der Waals surface area contributed by atoms with Crippen molar-refractivity contribution < 1.29 is 9.32 Å². The Morgan fingerprint density at radius 3 is 2.15 bits per heavy atom. The van der Waals surface area contributed by atoms with Crippen molar-refractivity contribution in [1.82, 2.24) is 15.0 Å². The van der Waals surface area contributed by atoms with Crippen LogP contribution in [0.15, 0.2) is 53.1 Å². The number of benzene rings is 2. The molecule has 0 unspecified atom stereocenters. The van der Waals surface area contributed by atoms with E-state index in [1.807, 2.05) is 50.2 Å². The minimum absolute atomic E-state index is 0. The lowest BCUT2D eigenvalue weighted by molar-refractivity contribution is 0.0773. The summed E-state index contributed by atoms with van der Waals surface area (Å²) in [7, 11) is 0. The molecule has 0 spiro atoms. The standard InChI is InChI=1S/C20H22N4O2.ClH/c1-3-24(4-2)20(25)17-11-9-16(10-12-17)19-22-18(23-26-19)15-7-5-14(13-21)6-8-15;/h5-12H,3-4,13,21H2,1-2H3;1H. The molecule has 142 valence electrons. The number of nitrogens with two attached hydrogens (primary N) is 1. The highest BCUT2D eigenvalue weighted by Crippen LogP contribution is 2.23. The van der Waals surface area contributed by atoms with E-state index >= 15 is 0 Å². The Balaban J connectivity index is 0.00000261. The van der Waals surface area contributed by atoms with Crippen LogP contribution in [0.4, 0.5) is 0 Å². The van der Waals surface area contributed by atoms with Crippen molar-refractivity contribution in [1.29, 1.82) is 0 Å². The molecule has 0 radical (unpaired) electrons. The molecule has 2 N–H and O–H groups in total. The Morgan fingerprint density at radius 1 is 1.00 bits per heavy atom. The molecule has 1 amide bonds. The van der Waals surface area contributed by atoms with Crippen LogP contribution >= 0.6 is 12.4 Å². The Hall–Kier alpha value is -2.70. The topological polar surface area (TPSA) is 85.2 Å². The van der Waals surface area contributed by atoms with Gasteiger partial charge in [0.2, 0.25) is 5.82 Å². The number of aromatic nitrogens is 2. The molecule has 0 aliphatic heterocycles. The minimum atomic E-state index is 0. The first-order chi connectivity index (χ1) is 12.7. The number of hydrogen-bond acceptors (Lipinski definition) is 5. The zero-order chi connectivity index (χ0) is 18.5. The van der Waals surface area contributed by atoms with Crippen molar-refractivity contribution in [2.45, 2.75) is 20.4 Å². The van der Waals surface area contributed by atoms with Crippen LogP contribution in [0.2, 0.25) is 0 Å². The lowest BCUT2D eigenvalue weighted by Gasteiger charge is -2.18. The highest BCUT2D eigenvalue weighted by Gasteiger charge is 2.14. The van der Waals surface area contributed by atoms with Crippen LogP contribution in [-0.2, 0) is 6.54 Å². The summed E-state index contributed by atoms with van der Waals surface area (Å²) in [6.45, 7) is 5.81. The molecule has 0 saturated carbocycles. The van der Waals surface area contributed by atoms with E-state index in [1.165, 1.54) is 0 Å². The molecule has 6 nitrogen and oxygen atoms in total. The van der Waals surface area contributed by atoms with E-state index in [1.54, 1.807) is 17.0 Å². The normalized spacial score (nSPS) is 10.3. The molecule has 0 saturated heterocycles. The predicted molar refractivity (Wildman–Crippen MR) is 108 cm³/mol. The van der Waals surface area contributed by atoms with Gasteiger partial charge in [-0.3, -0.25) is 4.79 Å². The molecule has 2 aromatic carbocycles. The maximum atomic E-state index is 12.4. The van der Waals surface area contributed by atoms with E-state index in [0.29, 0.717) is 36.9 Å². The van der Waals surface area contributed by atoms with Gasteiger partial charge in [-0.15, -0.1) is 12.4 Å². The lowest BCUT2D eigenvalue weighted by atomic mass is 10.1. The lowest BCUT2D eigenvalue weighted by Crippen LogP contribution is -2.30. The Morgan fingerprint density at radius 2 is 1.59 bits per heavy atom. The summed E-state index contributed by atoms with van der Waals surface area (Å²) >= 11 is 0. The van der Waals surface area contributed by atoms with Crippen LogP contribution in [0.5, 0.6) is 0 Å². The smallest absolute Gasteiger partial charge is 0.258 e. The Kier molecular flexibility index (Phi) is 7.10. The maximum absolute atomic E-state index is 12.4. The first-order valence-corrected chi connectivity index (χ1v) is 8.69. The van der Waals surface area contributed by atoms with Gasteiger partial charge in [-0.1, -0.05) is 29.4 Å². The van der Waals surface area contributed by atoms with Crippen molar-refractivity contribution in [3.8, 4) is 22.8 Å². The molecule has 0 bridgehead atoms. The van der Waals surface area contributed by atoms with E-state index in [0.717, 1.165) is 16.7 Å². The molecule has 0 aliphatic rings. The number of carbonyl (C=O) groups is 1. The van der Waals surface area contributed by atoms with Gasteiger partial charge in [0.25, 0.3) is 11.8 Å². The minimum Gasteiger partial charge on any atom is -0.339 e. The van der Waals surface area contributed by atoms with Crippen LogP contribution in [0.25, 0.3) is 22.8 Å². The highest BCUT2D eigenvalue weighted by atomic mass is 35.5. The van der Waals surface area contributed by atoms with Gasteiger partial charge in [0.1, 0.15) is 0 Å². The number of nitrogens with zero attached hydrogens (tertiary/aromatic N) is 3. The van der Waals surface area contributed by atoms with Crippen LogP contribution in [-0.4, -0.2) is 34.0 Å². The summed E-state index contributed by atoms with van der Waals surface area (Å²) in [5, 5.41) is 4.04. The molecule has 3 aromatic rings. The first-order valence-electron chi connectivity index (χ1n) is 8.69. The fraction of sp³-hybridized carbons (Fsp3) is 0.250. The summed E-state index contributed by atoms with van der Waals surface area (Å²) in [6, 6.07) is 15.0. The zero-order valence-electron chi connectivity index (χ0n) is 15.4. The predicted octanol–water partition coefficient (Wildman–Crippen LogP) is 3.77. The molecule has 27 heavy (non-hydrogen) atoms. The summed E-state index contributed by atoms with van der Waals surface area (Å²) in [4.78, 5) is 18.6. The SMILES string of the molecule is CCN(CC)C(=O)c1ccc(-c2nc(-c3ccc(CN)cc3)no2)cc1.Cl. The fourth-order valence-corrected chi connectivity index (χ4v) is 2.70. The second-order valence-corrected chi connectivity index (χ2v) is 5.88. The van der Waals surface area contributed by atoms with Gasteiger partial charge in [0.05, 0.1) is 0 Å². The summed E-state index contributed by atoms with van der Waals surface area (Å²) in [6.07, 6.45) is 0. The average Bonchev–Trinajstić information content (AvgIpc) is 3.19. The number of halogens is 1. The van der Waals surface area contributed by atoms with E-state index in [4.69, 9.17) is 10.3 Å². The highest BCUT2D eigenvalue weighted by molar-refractivity contribution is 5.94. The van der Waals surface area contributed by atoms with E-state index in [-0.39, 0.29) is 18.3 Å². The van der Waals surface area contributed by atoms with Gasteiger partial charge in [-0.2, -0.15) is 4.98 Å². The zero-order valence-corrected chi connectivity index (χ0v) is 16.2. The second kappa shape index (κ2) is 9.30. The molecule has 0 aliphatic carbocycles. The second-order valence-electron chi connectivity index (χ2n) is 5.88. The van der Waals surface area contributed by atoms with Crippen molar-refractivity contribution in [3.05, 3.63) is 59.7 Å². The number of hydrogen-bond donors (Lipinski definition) is 1. The van der Waals surface area contributed by atoms with Crippen LogP contribution in [0.3, 0.4) is 0 Å². The molecular formula is C20H23ClN4O2. The molecule has 0 atom stereocenters. The largest absolute Gasteiger partial charge is 0.339 e. The Labute approximate surface area is 164 Å². The van der Waals surface area contributed by atoms with Crippen molar-refractivity contribution in [3.63, 3.8) is 0 Å². The van der Waals surface area contributed by atoms with Gasteiger partial charge in [0.15, 0.2) is 0 Å². The van der Waals surface area contributed by atoms with Crippen molar-refractivity contribution in [2.24, 2.45) is 5.73 Å². The number of rotatable bonds is 6. The third kappa shape index (κ3) is 4.53. The molecule has 3 rings (SSSR count). The van der Waals surface area contributed by atoms with E-state index in [2.05, 4.69) is 10.1 Å². The monoisotopic (exact) mass is 386 g/mol. The third-order valence-corrected chi connectivity index (χ3v) is 4.30. The van der Waals surface area contributed by atoms with E-state index < -0.39 is 0 Å². The molecular weight excluding hydrogens is 364 g/mol. The van der Waals surface area contributed by atoms with Gasteiger partial charge >= 0.3 is 0 Å². The summed E-state index contributed by atoms with van der Waals surface area (Å²) in [5.41, 5.74) is 8.95. The fourth-order valence-electron chi connectivity index (χ4n) is 2.70. The first kappa shape index (κ1) is 20.6. The Bertz CT molecular complexity index is 872. The van der Waals surface area contributed by atoms with Crippen LogP contribution in [0.1, 0.15) is 29.8 Å². The van der Waals surface area contributed by atoms with Crippen molar-refractivity contribution in [2.75, 3.05) is 13.1 Å². The third-order valence-electron chi connectivity index (χ3n) is 4.30. The van der Waals surface area contributed by atoms with Gasteiger partial charge in [0, 0.05) is 36.3 Å². The van der Waals surface area contributed by atoms with Gasteiger partial charge in [-0.05, 0) is 43.7 Å². The quantitative estimate of drug-likeness (QED) is 0.697. The molecule has 1 aromatic heterocycles. The molecule has 0 fully saturated rings. The average molecular weight is 387 g/mol. The van der Waals surface area contributed by atoms with E-state index in [9.17, 15) is 4.79 Å². The number of amides is 1. The molecule has 7 heteroatoms. The number of carbonyl (C=O) groups excluding carboxylic acids is 1. The summed E-state index contributed by atoms with van der Waals surface area (Å²) in [5.74, 6) is 0.962.